The van der Waals surface area contributed by atoms with Gasteiger partial charge in [0.2, 0.25) is 5.91 Å². The Morgan fingerprint density at radius 1 is 1.17 bits per heavy atom. The molecule has 1 amide bonds. The average molecular weight is 410 g/mol. The standard InChI is InChI=1S/C21H23FN6O2/c1-11-15(12(2)25-24-11)7-20(29)27-9-16-18(10-27)23-19-8-17(26-28(19)21(16)30)13-3-5-14(22)6-4-13/h3-6,8,11-12,15,24-26H,7,9-10H2,1-2H3. The van der Waals surface area contributed by atoms with Crippen LogP contribution < -0.4 is 16.4 Å². The number of fused-ring (bicyclic) bond motifs is 2. The fraction of sp³-hybridized carbons (Fsp3) is 0.381. The summed E-state index contributed by atoms with van der Waals surface area (Å²) in [6.45, 7) is 4.72. The Morgan fingerprint density at radius 3 is 2.57 bits per heavy atom. The molecule has 1 aromatic carbocycles. The van der Waals surface area contributed by atoms with Crippen LogP contribution in [-0.2, 0) is 17.9 Å². The van der Waals surface area contributed by atoms with Crippen LogP contribution in [0.1, 0.15) is 31.5 Å². The minimum atomic E-state index is -0.318. The fourth-order valence-corrected chi connectivity index (χ4v) is 4.37. The minimum Gasteiger partial charge on any atom is -0.332 e. The van der Waals surface area contributed by atoms with E-state index in [4.69, 9.17) is 0 Å². The number of aromatic amines is 1. The molecule has 2 aliphatic heterocycles. The van der Waals surface area contributed by atoms with Crippen LogP contribution in [0.5, 0.6) is 0 Å². The van der Waals surface area contributed by atoms with Crippen molar-refractivity contribution in [3.63, 3.8) is 0 Å². The van der Waals surface area contributed by atoms with Crippen molar-refractivity contribution in [3.05, 3.63) is 57.8 Å². The maximum Gasteiger partial charge on any atom is 0.278 e. The summed E-state index contributed by atoms with van der Waals surface area (Å²) >= 11 is 0. The van der Waals surface area contributed by atoms with Crippen LogP contribution in [0.25, 0.3) is 16.9 Å². The fourth-order valence-electron chi connectivity index (χ4n) is 4.37. The summed E-state index contributed by atoms with van der Waals surface area (Å²) in [6.07, 6.45) is 0.421. The van der Waals surface area contributed by atoms with Crippen LogP contribution in [0.15, 0.2) is 35.1 Å². The summed E-state index contributed by atoms with van der Waals surface area (Å²) in [6, 6.07) is 8.22. The summed E-state index contributed by atoms with van der Waals surface area (Å²) in [5, 5.41) is 3.04. The van der Waals surface area contributed by atoms with Gasteiger partial charge >= 0.3 is 0 Å². The van der Waals surface area contributed by atoms with E-state index in [0.717, 1.165) is 5.56 Å². The number of carbonyl (C=O) groups excluding carboxylic acids is 1. The van der Waals surface area contributed by atoms with Crippen LogP contribution >= 0.6 is 0 Å². The normalized spacial score (nSPS) is 23.3. The lowest BCUT2D eigenvalue weighted by Gasteiger charge is -2.21. The topological polar surface area (TPSA) is 94.5 Å². The SMILES string of the molecule is CC1NNC(C)C1CC(=O)N1Cc2nc3cc(-c4ccc(F)cc4)[nH]n3c(=O)c2C1. The van der Waals surface area contributed by atoms with E-state index in [0.29, 0.717) is 35.6 Å². The lowest BCUT2D eigenvalue weighted by atomic mass is 9.92. The number of hydrogen-bond acceptors (Lipinski definition) is 5. The third kappa shape index (κ3) is 3.10. The molecule has 1 saturated heterocycles. The summed E-state index contributed by atoms with van der Waals surface area (Å²) in [7, 11) is 0. The van der Waals surface area contributed by atoms with Crippen LogP contribution in [-0.4, -0.2) is 37.5 Å². The molecule has 2 aromatic heterocycles. The Hall–Kier alpha value is -3.04. The average Bonchev–Trinajstić information content (AvgIpc) is 3.42. The van der Waals surface area contributed by atoms with E-state index in [2.05, 4.69) is 34.8 Å². The van der Waals surface area contributed by atoms with Gasteiger partial charge in [-0.3, -0.25) is 25.5 Å². The highest BCUT2D eigenvalue weighted by Crippen LogP contribution is 2.25. The first kappa shape index (κ1) is 19.0. The van der Waals surface area contributed by atoms with E-state index < -0.39 is 0 Å². The number of nitrogens with zero attached hydrogens (tertiary/aromatic N) is 3. The summed E-state index contributed by atoms with van der Waals surface area (Å²) in [5.41, 5.74) is 9.25. The predicted octanol–water partition coefficient (Wildman–Crippen LogP) is 1.56. The predicted molar refractivity (Wildman–Crippen MR) is 109 cm³/mol. The van der Waals surface area contributed by atoms with Gasteiger partial charge in [-0.15, -0.1) is 0 Å². The summed E-state index contributed by atoms with van der Waals surface area (Å²) in [4.78, 5) is 32.2. The Kier molecular flexibility index (Phi) is 4.44. The molecule has 4 heterocycles. The summed E-state index contributed by atoms with van der Waals surface area (Å²) < 4.78 is 14.6. The zero-order valence-electron chi connectivity index (χ0n) is 16.8. The Morgan fingerprint density at radius 2 is 1.87 bits per heavy atom. The molecular formula is C21H23FN6O2. The molecule has 0 saturated carbocycles. The molecule has 5 rings (SSSR count). The second-order valence-electron chi connectivity index (χ2n) is 8.20. The first-order valence-electron chi connectivity index (χ1n) is 10.1. The van der Waals surface area contributed by atoms with Gasteiger partial charge in [0.05, 0.1) is 30.0 Å². The lowest BCUT2D eigenvalue weighted by Crippen LogP contribution is -2.33. The zero-order chi connectivity index (χ0) is 21.0. The smallest absolute Gasteiger partial charge is 0.278 e. The number of H-pyrrole nitrogens is 1. The molecule has 2 aliphatic rings. The van der Waals surface area contributed by atoms with Crippen LogP contribution in [0.4, 0.5) is 4.39 Å². The van der Waals surface area contributed by atoms with Gasteiger partial charge in [0.1, 0.15) is 5.82 Å². The molecule has 3 aromatic rings. The maximum absolute atomic E-state index is 13.2. The Bertz CT molecular complexity index is 1170. The highest BCUT2D eigenvalue weighted by molar-refractivity contribution is 5.77. The number of amides is 1. The van der Waals surface area contributed by atoms with Gasteiger partial charge in [0, 0.05) is 30.5 Å². The highest BCUT2D eigenvalue weighted by atomic mass is 19.1. The van der Waals surface area contributed by atoms with Crippen LogP contribution in [0.3, 0.4) is 0 Å². The van der Waals surface area contributed by atoms with Gasteiger partial charge in [-0.05, 0) is 43.7 Å². The molecule has 2 unspecified atom stereocenters. The quantitative estimate of drug-likeness (QED) is 0.609. The molecule has 0 radical (unpaired) electrons. The van der Waals surface area contributed by atoms with Gasteiger partial charge in [-0.25, -0.2) is 13.9 Å². The number of rotatable bonds is 3. The van der Waals surface area contributed by atoms with Crippen LogP contribution in [0.2, 0.25) is 0 Å². The van der Waals surface area contributed by atoms with Crippen molar-refractivity contribution in [2.45, 2.75) is 45.4 Å². The number of hydrazine groups is 1. The number of carbonyl (C=O) groups is 1. The van der Waals surface area contributed by atoms with Crippen molar-refractivity contribution < 1.29 is 9.18 Å². The third-order valence-corrected chi connectivity index (χ3v) is 6.22. The Labute approximate surface area is 172 Å². The molecule has 1 fully saturated rings. The molecular weight excluding hydrogens is 387 g/mol. The van der Waals surface area contributed by atoms with Crippen molar-refractivity contribution in [1.29, 1.82) is 0 Å². The maximum atomic E-state index is 13.2. The third-order valence-electron chi connectivity index (χ3n) is 6.22. The van der Waals surface area contributed by atoms with Gasteiger partial charge in [-0.2, -0.15) is 0 Å². The number of aromatic nitrogens is 3. The molecule has 2 atom stereocenters. The number of nitrogens with one attached hydrogen (secondary N) is 3. The zero-order valence-corrected chi connectivity index (χ0v) is 16.8. The Balaban J connectivity index is 1.40. The van der Waals surface area contributed by atoms with Crippen molar-refractivity contribution in [2.24, 2.45) is 5.92 Å². The van der Waals surface area contributed by atoms with Crippen LogP contribution in [0, 0.1) is 11.7 Å². The van der Waals surface area contributed by atoms with E-state index in [1.165, 1.54) is 16.6 Å². The molecule has 0 spiro atoms. The monoisotopic (exact) mass is 410 g/mol. The van der Waals surface area contributed by atoms with E-state index >= 15 is 0 Å². The lowest BCUT2D eigenvalue weighted by molar-refractivity contribution is -0.133. The first-order chi connectivity index (χ1) is 14.4. The number of hydrogen-bond donors (Lipinski definition) is 3. The van der Waals surface area contributed by atoms with Crippen molar-refractivity contribution >= 4 is 11.6 Å². The van der Waals surface area contributed by atoms with Crippen molar-refractivity contribution in [2.75, 3.05) is 0 Å². The molecule has 8 nitrogen and oxygen atoms in total. The number of benzene rings is 1. The largest absolute Gasteiger partial charge is 0.332 e. The minimum absolute atomic E-state index is 0.0299. The molecule has 9 heteroatoms. The molecule has 0 aliphatic carbocycles. The van der Waals surface area contributed by atoms with E-state index in [-0.39, 0.29) is 41.8 Å². The van der Waals surface area contributed by atoms with Gasteiger partial charge < -0.3 is 4.90 Å². The second kappa shape index (κ2) is 7.03. The molecule has 30 heavy (non-hydrogen) atoms. The molecule has 156 valence electrons. The van der Waals surface area contributed by atoms with E-state index in [1.54, 1.807) is 23.1 Å². The molecule has 3 N–H and O–H groups in total. The van der Waals surface area contributed by atoms with E-state index in [1.807, 2.05) is 0 Å². The number of halogens is 1. The highest BCUT2D eigenvalue weighted by Gasteiger charge is 2.35. The first-order valence-corrected chi connectivity index (χ1v) is 10.1. The van der Waals surface area contributed by atoms with Crippen molar-refractivity contribution in [3.8, 4) is 11.3 Å². The second-order valence-corrected chi connectivity index (χ2v) is 8.20. The van der Waals surface area contributed by atoms with Gasteiger partial charge in [0.15, 0.2) is 5.65 Å². The van der Waals surface area contributed by atoms with Gasteiger partial charge in [-0.1, -0.05) is 0 Å². The van der Waals surface area contributed by atoms with E-state index in [9.17, 15) is 14.0 Å². The molecule has 0 bridgehead atoms. The van der Waals surface area contributed by atoms with Gasteiger partial charge in [0.25, 0.3) is 5.56 Å². The van der Waals surface area contributed by atoms with Crippen molar-refractivity contribution in [1.82, 2.24) is 30.3 Å². The summed E-state index contributed by atoms with van der Waals surface area (Å²) in [5.74, 6) is -0.0905.